The number of aromatic carboxylic acids is 1. The van der Waals surface area contributed by atoms with Crippen LogP contribution in [0.3, 0.4) is 0 Å². The molecule has 15 heavy (non-hydrogen) atoms. The molecule has 82 valence electrons. The van der Waals surface area contributed by atoms with E-state index in [0.29, 0.717) is 6.20 Å². The van der Waals surface area contributed by atoms with Crippen molar-refractivity contribution in [3.05, 3.63) is 17.6 Å². The van der Waals surface area contributed by atoms with Crippen LogP contribution < -0.4 is 4.74 Å². The van der Waals surface area contributed by atoms with Crippen molar-refractivity contribution < 1.29 is 27.8 Å². The van der Waals surface area contributed by atoms with Crippen LogP contribution in [0.1, 0.15) is 16.2 Å². The zero-order valence-corrected chi connectivity index (χ0v) is 7.37. The topological polar surface area (TPSA) is 72.3 Å². The molecule has 1 N–H and O–H groups in total. The number of carboxylic acids is 1. The highest BCUT2D eigenvalue weighted by Crippen LogP contribution is 2.32. The number of alkyl halides is 3. The number of rotatable bonds is 2. The highest BCUT2D eigenvalue weighted by molar-refractivity contribution is 5.85. The van der Waals surface area contributed by atoms with Gasteiger partial charge in [0.2, 0.25) is 11.6 Å². The molecular weight excluding hydrogens is 217 g/mol. The summed E-state index contributed by atoms with van der Waals surface area (Å²) in [5.74, 6) is -2.34. The summed E-state index contributed by atoms with van der Waals surface area (Å²) < 4.78 is 41.0. The van der Waals surface area contributed by atoms with E-state index in [0.717, 1.165) is 7.11 Å². The van der Waals surface area contributed by atoms with Gasteiger partial charge in [-0.25, -0.2) is 14.8 Å². The monoisotopic (exact) mass is 222 g/mol. The lowest BCUT2D eigenvalue weighted by Gasteiger charge is -2.09. The molecule has 0 fully saturated rings. The van der Waals surface area contributed by atoms with Crippen LogP contribution in [0.5, 0.6) is 5.88 Å². The second kappa shape index (κ2) is 3.71. The number of ether oxygens (including phenoxy) is 1. The molecule has 8 heteroatoms. The van der Waals surface area contributed by atoms with Gasteiger partial charge in [0.05, 0.1) is 13.3 Å². The number of hydrogen-bond acceptors (Lipinski definition) is 4. The van der Waals surface area contributed by atoms with Crippen molar-refractivity contribution >= 4 is 5.97 Å². The molecule has 0 aliphatic rings. The Labute approximate surface area is 81.5 Å². The molecule has 1 aromatic rings. The maximum Gasteiger partial charge on any atom is 0.438 e. The second-order valence-electron chi connectivity index (χ2n) is 2.42. The molecule has 0 saturated carbocycles. The van der Waals surface area contributed by atoms with Crippen molar-refractivity contribution in [1.29, 1.82) is 0 Å². The molecule has 0 aliphatic heterocycles. The average Bonchev–Trinajstić information content (AvgIpc) is 2.15. The lowest BCUT2D eigenvalue weighted by Crippen LogP contribution is -2.14. The summed E-state index contributed by atoms with van der Waals surface area (Å²) in [6.45, 7) is 0. The second-order valence-corrected chi connectivity index (χ2v) is 2.42. The van der Waals surface area contributed by atoms with Crippen LogP contribution in [-0.2, 0) is 6.18 Å². The summed E-state index contributed by atoms with van der Waals surface area (Å²) in [5.41, 5.74) is -1.96. The first-order chi connectivity index (χ1) is 6.86. The Kier molecular flexibility index (Phi) is 2.78. The first-order valence-corrected chi connectivity index (χ1v) is 3.57. The Morgan fingerprint density at radius 2 is 2.13 bits per heavy atom. The molecule has 0 aliphatic carbocycles. The predicted molar refractivity (Wildman–Crippen MR) is 40.5 cm³/mol. The van der Waals surface area contributed by atoms with Gasteiger partial charge in [0.1, 0.15) is 0 Å². The molecule has 0 spiro atoms. The Bertz CT molecular complexity index is 392. The Morgan fingerprint density at radius 1 is 1.53 bits per heavy atom. The third kappa shape index (κ3) is 2.33. The van der Waals surface area contributed by atoms with Gasteiger partial charge in [0.25, 0.3) is 0 Å². The Hall–Kier alpha value is -1.86. The summed E-state index contributed by atoms with van der Waals surface area (Å²) in [6, 6.07) is 0. The normalized spacial score (nSPS) is 11.2. The fourth-order valence-corrected chi connectivity index (χ4v) is 0.812. The molecule has 1 rings (SSSR count). The van der Waals surface area contributed by atoms with Crippen molar-refractivity contribution in [2.24, 2.45) is 0 Å². The molecule has 0 aromatic carbocycles. The molecule has 0 radical (unpaired) electrons. The molecular formula is C7H5F3N2O3. The minimum absolute atomic E-state index is 0.522. The third-order valence-electron chi connectivity index (χ3n) is 1.42. The number of nitrogens with zero attached hydrogens (tertiary/aromatic N) is 2. The SMILES string of the molecule is COc1nc(C(=O)O)cnc1C(F)(F)F. The lowest BCUT2D eigenvalue weighted by atomic mass is 10.4. The highest BCUT2D eigenvalue weighted by atomic mass is 19.4. The van der Waals surface area contributed by atoms with E-state index in [4.69, 9.17) is 5.11 Å². The van der Waals surface area contributed by atoms with E-state index in [-0.39, 0.29) is 0 Å². The number of halogens is 3. The Morgan fingerprint density at radius 3 is 2.53 bits per heavy atom. The lowest BCUT2D eigenvalue weighted by molar-refractivity contribution is -0.142. The van der Waals surface area contributed by atoms with Gasteiger partial charge in [0, 0.05) is 0 Å². The molecule has 0 bridgehead atoms. The van der Waals surface area contributed by atoms with E-state index < -0.39 is 29.4 Å². The summed E-state index contributed by atoms with van der Waals surface area (Å²) in [4.78, 5) is 16.5. The highest BCUT2D eigenvalue weighted by Gasteiger charge is 2.37. The van der Waals surface area contributed by atoms with Crippen LogP contribution in [0.2, 0.25) is 0 Å². The Balaban J connectivity index is 3.27. The van der Waals surface area contributed by atoms with Crippen molar-refractivity contribution in [3.8, 4) is 5.88 Å². The van der Waals surface area contributed by atoms with E-state index in [9.17, 15) is 18.0 Å². The van der Waals surface area contributed by atoms with Gasteiger partial charge in [-0.05, 0) is 0 Å². The maximum absolute atomic E-state index is 12.2. The number of hydrogen-bond donors (Lipinski definition) is 1. The molecule has 0 atom stereocenters. The predicted octanol–water partition coefficient (Wildman–Crippen LogP) is 1.20. The van der Waals surface area contributed by atoms with E-state index in [1.165, 1.54) is 0 Å². The minimum atomic E-state index is -4.73. The fraction of sp³-hybridized carbons (Fsp3) is 0.286. The smallest absolute Gasteiger partial charge is 0.438 e. The van der Waals surface area contributed by atoms with Gasteiger partial charge in [-0.3, -0.25) is 0 Å². The van der Waals surface area contributed by atoms with Crippen LogP contribution in [0, 0.1) is 0 Å². The van der Waals surface area contributed by atoms with E-state index in [2.05, 4.69) is 14.7 Å². The largest absolute Gasteiger partial charge is 0.479 e. The van der Waals surface area contributed by atoms with Crippen molar-refractivity contribution in [2.75, 3.05) is 7.11 Å². The number of methoxy groups -OCH3 is 1. The average molecular weight is 222 g/mol. The minimum Gasteiger partial charge on any atom is -0.479 e. The van der Waals surface area contributed by atoms with Crippen molar-refractivity contribution in [1.82, 2.24) is 9.97 Å². The number of carboxylic acid groups (broad SMARTS) is 1. The van der Waals surface area contributed by atoms with Gasteiger partial charge in [-0.1, -0.05) is 0 Å². The van der Waals surface area contributed by atoms with Crippen LogP contribution in [0.4, 0.5) is 13.2 Å². The van der Waals surface area contributed by atoms with Gasteiger partial charge >= 0.3 is 12.1 Å². The van der Waals surface area contributed by atoms with Crippen LogP contribution in [-0.4, -0.2) is 28.2 Å². The van der Waals surface area contributed by atoms with Crippen molar-refractivity contribution in [2.45, 2.75) is 6.18 Å². The van der Waals surface area contributed by atoms with Crippen LogP contribution in [0.15, 0.2) is 6.20 Å². The first kappa shape index (κ1) is 11.2. The standard InChI is InChI=1S/C7H5F3N2O3/c1-15-5-4(7(8,9)10)11-2-3(12-5)6(13)14/h2H,1H3,(H,13,14). The molecule has 5 nitrogen and oxygen atoms in total. The quantitative estimate of drug-likeness (QED) is 0.813. The zero-order chi connectivity index (χ0) is 11.6. The molecule has 0 saturated heterocycles. The maximum atomic E-state index is 12.2. The summed E-state index contributed by atoms with van der Waals surface area (Å²) in [7, 11) is 0.949. The summed E-state index contributed by atoms with van der Waals surface area (Å²) in [5, 5.41) is 8.46. The van der Waals surface area contributed by atoms with E-state index in [1.807, 2.05) is 0 Å². The third-order valence-corrected chi connectivity index (χ3v) is 1.42. The summed E-state index contributed by atoms with van der Waals surface area (Å²) in [6.07, 6.45) is -4.21. The van der Waals surface area contributed by atoms with Gasteiger partial charge in [0.15, 0.2) is 5.69 Å². The van der Waals surface area contributed by atoms with Gasteiger partial charge < -0.3 is 9.84 Å². The zero-order valence-electron chi connectivity index (χ0n) is 7.37. The first-order valence-electron chi connectivity index (χ1n) is 3.57. The van der Waals surface area contributed by atoms with E-state index >= 15 is 0 Å². The summed E-state index contributed by atoms with van der Waals surface area (Å²) >= 11 is 0. The number of aromatic nitrogens is 2. The van der Waals surface area contributed by atoms with Crippen molar-refractivity contribution in [3.63, 3.8) is 0 Å². The van der Waals surface area contributed by atoms with Crippen LogP contribution >= 0.6 is 0 Å². The molecule has 1 aromatic heterocycles. The number of carbonyl (C=O) groups is 1. The van der Waals surface area contributed by atoms with Gasteiger partial charge in [-0.15, -0.1) is 0 Å². The molecule has 0 amide bonds. The molecule has 1 heterocycles. The van der Waals surface area contributed by atoms with Gasteiger partial charge in [-0.2, -0.15) is 13.2 Å². The van der Waals surface area contributed by atoms with Crippen LogP contribution in [0.25, 0.3) is 0 Å². The fourth-order valence-electron chi connectivity index (χ4n) is 0.812. The molecule has 0 unspecified atom stereocenters. The van der Waals surface area contributed by atoms with E-state index in [1.54, 1.807) is 0 Å².